The number of carbonyl (C=O) groups excluding carboxylic acids is 1. The largest absolute Gasteiger partial charge is 0.384 e. The molecule has 0 aliphatic heterocycles. The number of rotatable bonds is 5. The first-order chi connectivity index (χ1) is 11.8. The zero-order valence-electron chi connectivity index (χ0n) is 14.5. The fraction of sp³-hybridized carbons (Fsp3) is 0.333. The number of aliphatic hydroxyl groups is 1. The first-order valence-electron chi connectivity index (χ1n) is 8.10. The minimum Gasteiger partial charge on any atom is -0.384 e. The van der Waals surface area contributed by atoms with Gasteiger partial charge < -0.3 is 10.4 Å². The molecule has 0 aliphatic carbocycles. The number of fused-ring (bicyclic) bond motifs is 1. The van der Waals surface area contributed by atoms with Gasteiger partial charge in [0.2, 0.25) is 5.91 Å². The van der Waals surface area contributed by atoms with Gasteiger partial charge >= 0.3 is 0 Å². The van der Waals surface area contributed by atoms with Gasteiger partial charge in [-0.2, -0.15) is 4.98 Å². The second-order valence-electron chi connectivity index (χ2n) is 6.37. The van der Waals surface area contributed by atoms with Crippen LogP contribution >= 0.6 is 0 Å². The number of aryl methyl sites for hydroxylation is 2. The Kier molecular flexibility index (Phi) is 4.50. The van der Waals surface area contributed by atoms with E-state index in [2.05, 4.69) is 20.4 Å². The summed E-state index contributed by atoms with van der Waals surface area (Å²) in [5, 5.41) is 17.6. The van der Waals surface area contributed by atoms with Gasteiger partial charge in [0.25, 0.3) is 5.78 Å². The highest BCUT2D eigenvalue weighted by molar-refractivity contribution is 5.77. The number of hydrogen-bond donors (Lipinski definition) is 2. The van der Waals surface area contributed by atoms with Gasteiger partial charge in [0.05, 0.1) is 13.0 Å². The molecule has 0 fully saturated rings. The minimum atomic E-state index is -1.14. The minimum absolute atomic E-state index is 0.0344. The van der Waals surface area contributed by atoms with Crippen molar-refractivity contribution >= 4 is 11.7 Å². The zero-order chi connectivity index (χ0) is 18.0. The van der Waals surface area contributed by atoms with E-state index in [0.29, 0.717) is 11.6 Å². The maximum atomic E-state index is 12.2. The highest BCUT2D eigenvalue weighted by Crippen LogP contribution is 2.18. The van der Waals surface area contributed by atoms with Crippen molar-refractivity contribution in [3.8, 4) is 0 Å². The van der Waals surface area contributed by atoms with E-state index in [4.69, 9.17) is 0 Å². The number of nitrogens with zero attached hydrogens (tertiary/aromatic N) is 4. The Morgan fingerprint density at radius 3 is 2.68 bits per heavy atom. The maximum absolute atomic E-state index is 12.2. The molecule has 130 valence electrons. The average Bonchev–Trinajstić information content (AvgIpc) is 2.96. The molecule has 3 rings (SSSR count). The van der Waals surface area contributed by atoms with Crippen LogP contribution in [0.1, 0.15) is 29.7 Å². The topological polar surface area (TPSA) is 92.4 Å². The first kappa shape index (κ1) is 17.0. The molecular weight excluding hydrogens is 318 g/mol. The van der Waals surface area contributed by atoms with Crippen LogP contribution in [0.15, 0.2) is 36.4 Å². The molecule has 0 saturated carbocycles. The molecule has 7 nitrogen and oxygen atoms in total. The van der Waals surface area contributed by atoms with Crippen molar-refractivity contribution in [1.82, 2.24) is 24.9 Å². The molecule has 0 spiro atoms. The Bertz CT molecular complexity index is 902. The SMILES string of the molecule is Cc1cc(C)n2nc(CC(=O)NCC(C)(O)c3ccccc3)nc2n1. The van der Waals surface area contributed by atoms with Gasteiger partial charge in [0, 0.05) is 11.4 Å². The number of aromatic nitrogens is 4. The molecule has 0 saturated heterocycles. The van der Waals surface area contributed by atoms with Gasteiger partial charge in [-0.15, -0.1) is 5.10 Å². The lowest BCUT2D eigenvalue weighted by molar-refractivity contribution is -0.121. The quantitative estimate of drug-likeness (QED) is 0.731. The van der Waals surface area contributed by atoms with Gasteiger partial charge in [-0.3, -0.25) is 4.79 Å². The number of amides is 1. The Balaban J connectivity index is 1.66. The molecule has 3 aromatic rings. The fourth-order valence-electron chi connectivity index (χ4n) is 2.66. The molecule has 2 N–H and O–H groups in total. The number of benzene rings is 1. The third-order valence-electron chi connectivity index (χ3n) is 4.01. The molecule has 25 heavy (non-hydrogen) atoms. The average molecular weight is 339 g/mol. The number of hydrogen-bond acceptors (Lipinski definition) is 5. The summed E-state index contributed by atoms with van der Waals surface area (Å²) in [5.74, 6) is 0.635. The van der Waals surface area contributed by atoms with Crippen LogP contribution in [0.5, 0.6) is 0 Å². The van der Waals surface area contributed by atoms with E-state index in [0.717, 1.165) is 17.0 Å². The van der Waals surface area contributed by atoms with Crippen LogP contribution < -0.4 is 5.32 Å². The Morgan fingerprint density at radius 2 is 1.96 bits per heavy atom. The van der Waals surface area contributed by atoms with E-state index in [9.17, 15) is 9.90 Å². The standard InChI is InChI=1S/C18H21N5O2/c1-12-9-13(2)23-17(20-12)21-15(22-23)10-16(24)19-11-18(3,25)14-7-5-4-6-8-14/h4-9,25H,10-11H2,1-3H3,(H,19,24). The first-order valence-corrected chi connectivity index (χ1v) is 8.10. The Morgan fingerprint density at radius 1 is 1.24 bits per heavy atom. The monoisotopic (exact) mass is 339 g/mol. The summed E-state index contributed by atoms with van der Waals surface area (Å²) < 4.78 is 1.62. The summed E-state index contributed by atoms with van der Waals surface area (Å²) >= 11 is 0. The predicted molar refractivity (Wildman–Crippen MR) is 93.0 cm³/mol. The van der Waals surface area contributed by atoms with Crippen molar-refractivity contribution in [3.05, 3.63) is 59.2 Å². The van der Waals surface area contributed by atoms with Crippen molar-refractivity contribution in [3.63, 3.8) is 0 Å². The molecule has 7 heteroatoms. The van der Waals surface area contributed by atoms with Crippen LogP contribution in [-0.2, 0) is 16.8 Å². The number of nitrogens with one attached hydrogen (secondary N) is 1. The van der Waals surface area contributed by atoms with E-state index in [1.54, 1.807) is 11.4 Å². The second-order valence-corrected chi connectivity index (χ2v) is 6.37. The van der Waals surface area contributed by atoms with Crippen LogP contribution in [0.3, 0.4) is 0 Å². The summed E-state index contributed by atoms with van der Waals surface area (Å²) in [6.45, 7) is 5.58. The van der Waals surface area contributed by atoms with E-state index < -0.39 is 5.60 Å². The lowest BCUT2D eigenvalue weighted by atomic mass is 9.96. The lowest BCUT2D eigenvalue weighted by Gasteiger charge is -2.24. The molecule has 0 radical (unpaired) electrons. The fourth-order valence-corrected chi connectivity index (χ4v) is 2.66. The van der Waals surface area contributed by atoms with Crippen molar-refractivity contribution in [2.75, 3.05) is 6.54 Å². The highest BCUT2D eigenvalue weighted by Gasteiger charge is 2.23. The Labute approximate surface area is 145 Å². The van der Waals surface area contributed by atoms with E-state index >= 15 is 0 Å². The van der Waals surface area contributed by atoms with Gasteiger partial charge in [-0.1, -0.05) is 30.3 Å². The molecule has 2 heterocycles. The molecule has 0 bridgehead atoms. The van der Waals surface area contributed by atoms with Crippen molar-refractivity contribution in [1.29, 1.82) is 0 Å². The van der Waals surface area contributed by atoms with Crippen LogP contribution in [-0.4, -0.2) is 37.1 Å². The van der Waals surface area contributed by atoms with Gasteiger partial charge in [0.1, 0.15) is 5.60 Å². The molecule has 1 amide bonds. The third kappa shape index (κ3) is 3.83. The smallest absolute Gasteiger partial charge is 0.252 e. The Hall–Kier alpha value is -2.80. The summed E-state index contributed by atoms with van der Waals surface area (Å²) in [7, 11) is 0. The summed E-state index contributed by atoms with van der Waals surface area (Å²) in [6.07, 6.45) is 0.0344. The summed E-state index contributed by atoms with van der Waals surface area (Å²) in [6, 6.07) is 11.1. The van der Waals surface area contributed by atoms with Crippen molar-refractivity contribution < 1.29 is 9.90 Å². The van der Waals surface area contributed by atoms with E-state index in [1.165, 1.54) is 0 Å². The van der Waals surface area contributed by atoms with E-state index in [-0.39, 0.29) is 18.9 Å². The van der Waals surface area contributed by atoms with Crippen LogP contribution in [0.2, 0.25) is 0 Å². The van der Waals surface area contributed by atoms with E-state index in [1.807, 2.05) is 50.2 Å². The molecular formula is C18H21N5O2. The van der Waals surface area contributed by atoms with Crippen molar-refractivity contribution in [2.24, 2.45) is 0 Å². The second kappa shape index (κ2) is 6.60. The number of carbonyl (C=O) groups is 1. The van der Waals surface area contributed by atoms with Crippen LogP contribution in [0, 0.1) is 13.8 Å². The summed E-state index contributed by atoms with van der Waals surface area (Å²) in [4.78, 5) is 20.8. The normalized spacial score (nSPS) is 13.6. The van der Waals surface area contributed by atoms with Gasteiger partial charge in [-0.05, 0) is 32.4 Å². The molecule has 1 aromatic carbocycles. The van der Waals surface area contributed by atoms with Crippen LogP contribution in [0.4, 0.5) is 0 Å². The zero-order valence-corrected chi connectivity index (χ0v) is 14.5. The highest BCUT2D eigenvalue weighted by atomic mass is 16.3. The van der Waals surface area contributed by atoms with Crippen LogP contribution in [0.25, 0.3) is 5.78 Å². The van der Waals surface area contributed by atoms with Gasteiger partial charge in [-0.25, -0.2) is 9.50 Å². The summed E-state index contributed by atoms with van der Waals surface area (Å²) in [5.41, 5.74) is 1.37. The molecule has 2 aromatic heterocycles. The predicted octanol–water partition coefficient (Wildman–Crippen LogP) is 1.31. The van der Waals surface area contributed by atoms with Gasteiger partial charge in [0.15, 0.2) is 5.82 Å². The third-order valence-corrected chi connectivity index (χ3v) is 4.01. The van der Waals surface area contributed by atoms with Crippen molar-refractivity contribution in [2.45, 2.75) is 32.8 Å². The molecule has 0 aliphatic rings. The maximum Gasteiger partial charge on any atom is 0.252 e. The molecule has 1 atom stereocenters. The lowest BCUT2D eigenvalue weighted by Crippen LogP contribution is -2.39. The molecule has 1 unspecified atom stereocenters.